The van der Waals surface area contributed by atoms with Crippen molar-refractivity contribution in [1.82, 2.24) is 4.90 Å². The summed E-state index contributed by atoms with van der Waals surface area (Å²) < 4.78 is 0. The van der Waals surface area contributed by atoms with Gasteiger partial charge >= 0.3 is 5.97 Å². The Kier molecular flexibility index (Phi) is 5.46. The van der Waals surface area contributed by atoms with Crippen LogP contribution >= 0.6 is 11.8 Å². The number of amides is 1. The number of carbonyl (C=O) groups excluding carboxylic acids is 1. The van der Waals surface area contributed by atoms with Crippen LogP contribution in [0.4, 0.5) is 5.69 Å². The van der Waals surface area contributed by atoms with Crippen LogP contribution in [-0.2, 0) is 11.2 Å². The van der Waals surface area contributed by atoms with Gasteiger partial charge in [0.2, 0.25) is 0 Å². The second-order valence-corrected chi connectivity index (χ2v) is 7.23. The third-order valence-corrected chi connectivity index (χ3v) is 5.50. The molecule has 5 nitrogen and oxygen atoms in total. The van der Waals surface area contributed by atoms with Crippen molar-refractivity contribution in [2.45, 2.75) is 20.3 Å². The smallest absolute Gasteiger partial charge is 0.336 e. The number of hydrogen-bond donors (Lipinski definition) is 1. The van der Waals surface area contributed by atoms with Gasteiger partial charge in [-0.25, -0.2) is 9.79 Å². The highest BCUT2D eigenvalue weighted by Crippen LogP contribution is 2.34. The van der Waals surface area contributed by atoms with Gasteiger partial charge in [0, 0.05) is 7.05 Å². The minimum atomic E-state index is -0.992. The number of rotatable bonds is 4. The molecule has 0 atom stereocenters. The van der Waals surface area contributed by atoms with Gasteiger partial charge in [-0.3, -0.25) is 9.69 Å². The molecule has 138 valence electrons. The van der Waals surface area contributed by atoms with E-state index in [1.807, 2.05) is 18.2 Å². The summed E-state index contributed by atoms with van der Waals surface area (Å²) in [5, 5.41) is 9.79. The number of aryl methyl sites for hydroxylation is 1. The molecule has 2 aromatic carbocycles. The molecule has 0 aliphatic carbocycles. The first-order valence-electron chi connectivity index (χ1n) is 8.59. The van der Waals surface area contributed by atoms with Crippen LogP contribution in [0.1, 0.15) is 34.0 Å². The monoisotopic (exact) mass is 380 g/mol. The Hall–Kier alpha value is -2.86. The summed E-state index contributed by atoms with van der Waals surface area (Å²) in [4.78, 5) is 30.5. The number of aliphatic imine (C=N–C) groups is 1. The van der Waals surface area contributed by atoms with Crippen molar-refractivity contribution in [2.75, 3.05) is 7.05 Å². The van der Waals surface area contributed by atoms with Crippen LogP contribution in [0.25, 0.3) is 6.08 Å². The lowest BCUT2D eigenvalue weighted by Crippen LogP contribution is -2.23. The van der Waals surface area contributed by atoms with Gasteiger partial charge in [0.05, 0.1) is 16.2 Å². The third-order valence-electron chi connectivity index (χ3n) is 4.44. The van der Waals surface area contributed by atoms with E-state index in [0.29, 0.717) is 21.3 Å². The lowest BCUT2D eigenvalue weighted by molar-refractivity contribution is -0.121. The fourth-order valence-corrected chi connectivity index (χ4v) is 3.71. The number of aromatic carboxylic acids is 1. The van der Waals surface area contributed by atoms with E-state index in [2.05, 4.69) is 24.0 Å². The minimum absolute atomic E-state index is 0.120. The molecular weight excluding hydrogens is 360 g/mol. The number of carboxylic acid groups (broad SMARTS) is 1. The first kappa shape index (κ1) is 18.9. The molecule has 1 saturated heterocycles. The zero-order chi connectivity index (χ0) is 19.6. The van der Waals surface area contributed by atoms with E-state index in [9.17, 15) is 14.7 Å². The molecule has 1 aliphatic heterocycles. The molecule has 0 bridgehead atoms. The molecule has 1 N–H and O–H groups in total. The van der Waals surface area contributed by atoms with Crippen molar-refractivity contribution in [1.29, 1.82) is 0 Å². The summed E-state index contributed by atoms with van der Waals surface area (Å²) in [7, 11) is 1.67. The number of benzene rings is 2. The first-order valence-corrected chi connectivity index (χ1v) is 9.40. The SMILES string of the molecule is CCc1ccc(/C=C2\SC(=Nc3cccc(C(=O)O)c3C)N(C)C2=O)cc1. The second kappa shape index (κ2) is 7.80. The predicted molar refractivity (Wildman–Crippen MR) is 109 cm³/mol. The topological polar surface area (TPSA) is 70.0 Å². The molecule has 1 fully saturated rings. The highest BCUT2D eigenvalue weighted by molar-refractivity contribution is 8.18. The van der Waals surface area contributed by atoms with E-state index in [1.165, 1.54) is 22.2 Å². The van der Waals surface area contributed by atoms with E-state index < -0.39 is 5.97 Å². The average molecular weight is 380 g/mol. The Balaban J connectivity index is 1.92. The number of amidine groups is 1. The van der Waals surface area contributed by atoms with E-state index >= 15 is 0 Å². The molecule has 0 radical (unpaired) electrons. The van der Waals surface area contributed by atoms with Crippen LogP contribution in [0.15, 0.2) is 52.4 Å². The molecule has 1 aliphatic rings. The maximum Gasteiger partial charge on any atom is 0.336 e. The molecule has 6 heteroatoms. The number of nitrogens with zero attached hydrogens (tertiary/aromatic N) is 2. The minimum Gasteiger partial charge on any atom is -0.478 e. The normalized spacial score (nSPS) is 17.1. The summed E-state index contributed by atoms with van der Waals surface area (Å²) in [6, 6.07) is 13.0. The van der Waals surface area contributed by atoms with Gasteiger partial charge < -0.3 is 5.11 Å². The van der Waals surface area contributed by atoms with Gasteiger partial charge in [-0.2, -0.15) is 0 Å². The van der Waals surface area contributed by atoms with Crippen LogP contribution in [0.3, 0.4) is 0 Å². The Labute approximate surface area is 162 Å². The van der Waals surface area contributed by atoms with Crippen LogP contribution in [0.5, 0.6) is 0 Å². The Morgan fingerprint density at radius 2 is 1.93 bits per heavy atom. The summed E-state index contributed by atoms with van der Waals surface area (Å²) in [6.45, 7) is 3.82. The van der Waals surface area contributed by atoms with E-state index in [4.69, 9.17) is 0 Å². The Morgan fingerprint density at radius 1 is 1.22 bits per heavy atom. The van der Waals surface area contributed by atoms with Gasteiger partial charge in [0.15, 0.2) is 5.17 Å². The second-order valence-electron chi connectivity index (χ2n) is 6.22. The van der Waals surface area contributed by atoms with Gasteiger partial charge in [-0.1, -0.05) is 37.3 Å². The van der Waals surface area contributed by atoms with Gasteiger partial charge in [-0.05, 0) is 60.0 Å². The maximum atomic E-state index is 12.6. The van der Waals surface area contributed by atoms with Gasteiger partial charge in [-0.15, -0.1) is 0 Å². The molecule has 27 heavy (non-hydrogen) atoms. The summed E-state index contributed by atoms with van der Waals surface area (Å²) >= 11 is 1.29. The zero-order valence-electron chi connectivity index (χ0n) is 15.4. The van der Waals surface area contributed by atoms with Crippen molar-refractivity contribution in [3.63, 3.8) is 0 Å². The van der Waals surface area contributed by atoms with Gasteiger partial charge in [0.1, 0.15) is 0 Å². The molecule has 0 spiro atoms. The third kappa shape index (κ3) is 3.95. The van der Waals surface area contributed by atoms with Crippen LogP contribution in [-0.4, -0.2) is 34.1 Å². The largest absolute Gasteiger partial charge is 0.478 e. The Morgan fingerprint density at radius 3 is 2.56 bits per heavy atom. The fraction of sp³-hybridized carbons (Fsp3) is 0.190. The number of thioether (sulfide) groups is 1. The molecule has 1 heterocycles. The van der Waals surface area contributed by atoms with Crippen molar-refractivity contribution in [3.05, 3.63) is 69.6 Å². The average Bonchev–Trinajstić information content (AvgIpc) is 2.91. The molecule has 1 amide bonds. The maximum absolute atomic E-state index is 12.6. The molecule has 0 unspecified atom stereocenters. The zero-order valence-corrected chi connectivity index (χ0v) is 16.2. The number of likely N-dealkylation sites (N-methyl/N-ethyl adjacent to an activating group) is 1. The fourth-order valence-electron chi connectivity index (χ4n) is 2.73. The van der Waals surface area contributed by atoms with Crippen LogP contribution in [0.2, 0.25) is 0 Å². The lowest BCUT2D eigenvalue weighted by Gasteiger charge is -2.09. The van der Waals surface area contributed by atoms with E-state index in [-0.39, 0.29) is 11.5 Å². The van der Waals surface area contributed by atoms with Crippen LogP contribution < -0.4 is 0 Å². The molecule has 0 saturated carbocycles. The highest BCUT2D eigenvalue weighted by atomic mass is 32.2. The van der Waals surface area contributed by atoms with Crippen molar-refractivity contribution in [3.8, 4) is 0 Å². The number of hydrogen-bond acceptors (Lipinski definition) is 4. The number of carbonyl (C=O) groups is 2. The summed E-state index contributed by atoms with van der Waals surface area (Å²) in [6.07, 6.45) is 2.82. The number of carboxylic acids is 1. The first-order chi connectivity index (χ1) is 12.9. The molecule has 3 rings (SSSR count). The van der Waals surface area contributed by atoms with E-state index in [0.717, 1.165) is 12.0 Å². The molecule has 2 aromatic rings. The van der Waals surface area contributed by atoms with Crippen LogP contribution in [0, 0.1) is 6.92 Å². The predicted octanol–water partition coefficient (Wildman–Crippen LogP) is 4.49. The Bertz CT molecular complexity index is 962. The van der Waals surface area contributed by atoms with Crippen molar-refractivity contribution in [2.24, 2.45) is 4.99 Å². The van der Waals surface area contributed by atoms with Crippen molar-refractivity contribution >= 4 is 40.6 Å². The standard InChI is InChI=1S/C21H20N2O3S/c1-4-14-8-10-15(11-9-14)12-18-19(24)23(3)21(27-18)22-17-7-5-6-16(13(17)2)20(25)26/h5-12H,4H2,1-3H3,(H,25,26)/b18-12-,22-21?. The van der Waals surface area contributed by atoms with Crippen molar-refractivity contribution < 1.29 is 14.7 Å². The quantitative estimate of drug-likeness (QED) is 0.794. The molecule has 0 aromatic heterocycles. The van der Waals surface area contributed by atoms with E-state index in [1.54, 1.807) is 32.2 Å². The highest BCUT2D eigenvalue weighted by Gasteiger charge is 2.30. The summed E-state index contributed by atoms with van der Waals surface area (Å²) in [5.41, 5.74) is 3.54. The van der Waals surface area contributed by atoms with Gasteiger partial charge in [0.25, 0.3) is 5.91 Å². The lowest BCUT2D eigenvalue weighted by atomic mass is 10.1. The molecular formula is C21H20N2O3S. The summed E-state index contributed by atoms with van der Waals surface area (Å²) in [5.74, 6) is -1.11.